The molecule has 9 heavy (non-hydrogen) atoms. The van der Waals surface area contributed by atoms with Gasteiger partial charge in [0, 0.05) is 0 Å². The lowest BCUT2D eigenvalue weighted by Gasteiger charge is -1.85. The highest BCUT2D eigenvalue weighted by molar-refractivity contribution is 5.31. The lowest BCUT2D eigenvalue weighted by atomic mass is 10.8. The van der Waals surface area contributed by atoms with E-state index >= 15 is 0 Å². The Labute approximate surface area is 51.2 Å². The highest BCUT2D eigenvalue weighted by atomic mass is 15.1. The summed E-state index contributed by atoms with van der Waals surface area (Å²) in [6.07, 6.45) is 6.50. The third-order valence-corrected chi connectivity index (χ3v) is 1.09. The van der Waals surface area contributed by atoms with Gasteiger partial charge < -0.3 is 0 Å². The molecule has 2 aromatic rings. The highest BCUT2D eigenvalue weighted by Crippen LogP contribution is 1.91. The fraction of sp³-hybridized carbons (Fsp3) is 0. The van der Waals surface area contributed by atoms with Crippen LogP contribution in [-0.4, -0.2) is 19.4 Å². The smallest absolute Gasteiger partial charge is 0.159 e. The fourth-order valence-electron chi connectivity index (χ4n) is 0.681. The van der Waals surface area contributed by atoms with E-state index in [4.69, 9.17) is 0 Å². The van der Waals surface area contributed by atoms with Crippen LogP contribution in [0.5, 0.6) is 0 Å². The van der Waals surface area contributed by atoms with Gasteiger partial charge in [-0.15, -0.1) is 0 Å². The molecule has 0 fully saturated rings. The summed E-state index contributed by atoms with van der Waals surface area (Å²) in [5.74, 6) is 0. The van der Waals surface area contributed by atoms with E-state index in [0.29, 0.717) is 0 Å². The summed E-state index contributed by atoms with van der Waals surface area (Å²) in [6, 6.07) is 0. The van der Waals surface area contributed by atoms with Crippen molar-refractivity contribution in [2.75, 3.05) is 0 Å². The lowest BCUT2D eigenvalue weighted by Crippen LogP contribution is -1.85. The highest BCUT2D eigenvalue weighted by Gasteiger charge is 1.87. The first-order valence-electron chi connectivity index (χ1n) is 2.54. The molecule has 0 radical (unpaired) electrons. The zero-order valence-corrected chi connectivity index (χ0v) is 4.60. The van der Waals surface area contributed by atoms with Gasteiger partial charge in [-0.25, -0.2) is 15.0 Å². The van der Waals surface area contributed by atoms with Crippen molar-refractivity contribution < 1.29 is 0 Å². The molecule has 4 heteroatoms. The van der Waals surface area contributed by atoms with Crippen molar-refractivity contribution in [3.63, 3.8) is 0 Å². The van der Waals surface area contributed by atoms with Crippen molar-refractivity contribution in [1.29, 1.82) is 0 Å². The zero-order valence-electron chi connectivity index (χ0n) is 4.60. The number of hydrogen-bond donors (Lipinski definition) is 0. The Kier molecular flexibility index (Phi) is 0.745. The van der Waals surface area contributed by atoms with Crippen LogP contribution < -0.4 is 0 Å². The predicted molar refractivity (Wildman–Crippen MR) is 30.8 cm³/mol. The van der Waals surface area contributed by atoms with Crippen LogP contribution in [0.2, 0.25) is 0 Å². The van der Waals surface area contributed by atoms with Gasteiger partial charge in [0.25, 0.3) is 0 Å². The van der Waals surface area contributed by atoms with E-state index in [1.54, 1.807) is 23.3 Å². The van der Waals surface area contributed by atoms with Crippen LogP contribution in [0.25, 0.3) is 5.65 Å². The Morgan fingerprint density at radius 3 is 3.00 bits per heavy atom. The number of rotatable bonds is 0. The van der Waals surface area contributed by atoms with Crippen molar-refractivity contribution in [1.82, 2.24) is 19.4 Å². The summed E-state index contributed by atoms with van der Waals surface area (Å²) < 4.78 is 1.75. The molecule has 0 saturated heterocycles. The molecule has 44 valence electrons. The van der Waals surface area contributed by atoms with Gasteiger partial charge in [-0.05, 0) is 0 Å². The number of nitrogens with zero attached hydrogens (tertiary/aromatic N) is 4. The Hall–Kier alpha value is -1.45. The Balaban J connectivity index is 2.95. The molecule has 0 saturated carbocycles. The monoisotopic (exact) mass is 120 g/mol. The van der Waals surface area contributed by atoms with Crippen LogP contribution in [0.3, 0.4) is 0 Å². The first-order chi connectivity index (χ1) is 4.47. The normalized spacial score (nSPS) is 10.2. The summed E-state index contributed by atoms with van der Waals surface area (Å²) >= 11 is 0. The molecule has 0 aliphatic heterocycles. The molecule has 0 aliphatic carbocycles. The van der Waals surface area contributed by atoms with Gasteiger partial charge in [0.15, 0.2) is 5.65 Å². The molecular formula is C5H4N4. The Morgan fingerprint density at radius 1 is 1.22 bits per heavy atom. The minimum atomic E-state index is 0.824. The van der Waals surface area contributed by atoms with Crippen molar-refractivity contribution in [2.45, 2.75) is 0 Å². The van der Waals surface area contributed by atoms with Crippen LogP contribution in [0.15, 0.2) is 25.2 Å². The number of imidazole rings is 1. The standard InChI is InChI=1S/C5H4N4/c1-5-8-2-7-4-9(5)3-6-1/h1-4H. The van der Waals surface area contributed by atoms with Gasteiger partial charge in [-0.3, -0.25) is 4.40 Å². The van der Waals surface area contributed by atoms with E-state index in [1.165, 1.54) is 6.33 Å². The van der Waals surface area contributed by atoms with Crippen LogP contribution in [0.4, 0.5) is 0 Å². The Bertz CT molecular complexity index is 283. The van der Waals surface area contributed by atoms with Crippen molar-refractivity contribution in [3.05, 3.63) is 25.2 Å². The van der Waals surface area contributed by atoms with E-state index < -0.39 is 0 Å². The van der Waals surface area contributed by atoms with Crippen LogP contribution in [0, 0.1) is 0 Å². The zero-order chi connectivity index (χ0) is 6.10. The van der Waals surface area contributed by atoms with E-state index in [1.807, 2.05) is 0 Å². The molecule has 0 atom stereocenters. The minimum absolute atomic E-state index is 0.824. The topological polar surface area (TPSA) is 43.1 Å². The van der Waals surface area contributed by atoms with Crippen LogP contribution >= 0.6 is 0 Å². The van der Waals surface area contributed by atoms with Gasteiger partial charge >= 0.3 is 0 Å². The van der Waals surface area contributed by atoms with E-state index in [0.717, 1.165) is 5.65 Å². The third kappa shape index (κ3) is 0.561. The largest absolute Gasteiger partial charge is 0.274 e. The van der Waals surface area contributed by atoms with Gasteiger partial charge in [0.05, 0.1) is 6.20 Å². The second-order valence-electron chi connectivity index (χ2n) is 1.67. The predicted octanol–water partition coefficient (Wildman–Crippen LogP) is 0.124. The summed E-state index contributed by atoms with van der Waals surface area (Å²) in [4.78, 5) is 11.6. The average Bonchev–Trinajstić information content (AvgIpc) is 2.33. The third-order valence-electron chi connectivity index (χ3n) is 1.09. The molecule has 4 nitrogen and oxygen atoms in total. The quantitative estimate of drug-likeness (QED) is 0.496. The molecule has 0 amide bonds. The molecule has 0 aromatic carbocycles. The Morgan fingerprint density at radius 2 is 2.11 bits per heavy atom. The number of fused-ring (bicyclic) bond motifs is 1. The summed E-state index contributed by atoms with van der Waals surface area (Å²) in [5, 5.41) is 0. The fourth-order valence-corrected chi connectivity index (χ4v) is 0.681. The average molecular weight is 120 g/mol. The van der Waals surface area contributed by atoms with Gasteiger partial charge in [0.2, 0.25) is 0 Å². The minimum Gasteiger partial charge on any atom is -0.274 e. The van der Waals surface area contributed by atoms with E-state index in [2.05, 4.69) is 15.0 Å². The SMILES string of the molecule is c1ncn2cncc2n1. The molecule has 2 aromatic heterocycles. The van der Waals surface area contributed by atoms with E-state index in [9.17, 15) is 0 Å². The molecule has 0 spiro atoms. The molecule has 0 unspecified atom stereocenters. The summed E-state index contributed by atoms with van der Waals surface area (Å²) in [7, 11) is 0. The van der Waals surface area contributed by atoms with Gasteiger partial charge in [-0.1, -0.05) is 0 Å². The summed E-state index contributed by atoms with van der Waals surface area (Å²) in [6.45, 7) is 0. The molecule has 0 N–H and O–H groups in total. The van der Waals surface area contributed by atoms with Crippen molar-refractivity contribution >= 4 is 5.65 Å². The molecule has 2 heterocycles. The van der Waals surface area contributed by atoms with Crippen molar-refractivity contribution in [2.24, 2.45) is 0 Å². The molecular weight excluding hydrogens is 116 g/mol. The molecule has 0 bridgehead atoms. The first kappa shape index (κ1) is 4.43. The summed E-state index contributed by atoms with van der Waals surface area (Å²) in [5.41, 5.74) is 0.824. The maximum absolute atomic E-state index is 3.93. The van der Waals surface area contributed by atoms with Crippen molar-refractivity contribution in [3.8, 4) is 0 Å². The maximum atomic E-state index is 3.93. The number of hydrogen-bond acceptors (Lipinski definition) is 3. The molecule has 2 rings (SSSR count). The van der Waals surface area contributed by atoms with Gasteiger partial charge in [0.1, 0.15) is 19.0 Å². The lowest BCUT2D eigenvalue weighted by molar-refractivity contribution is 1.01. The first-order valence-corrected chi connectivity index (χ1v) is 2.54. The number of aromatic nitrogens is 4. The van der Waals surface area contributed by atoms with E-state index in [-0.39, 0.29) is 0 Å². The maximum Gasteiger partial charge on any atom is 0.159 e. The molecule has 0 aliphatic rings. The second kappa shape index (κ2) is 1.51. The second-order valence-corrected chi connectivity index (χ2v) is 1.67. The van der Waals surface area contributed by atoms with Crippen LogP contribution in [0.1, 0.15) is 0 Å². The van der Waals surface area contributed by atoms with Gasteiger partial charge in [-0.2, -0.15) is 0 Å². The van der Waals surface area contributed by atoms with Crippen LogP contribution in [-0.2, 0) is 0 Å².